The van der Waals surface area contributed by atoms with E-state index in [1.54, 1.807) is 13.0 Å². The van der Waals surface area contributed by atoms with E-state index in [0.717, 1.165) is 11.8 Å². The van der Waals surface area contributed by atoms with Gasteiger partial charge in [-0.2, -0.15) is 9.97 Å². The van der Waals surface area contributed by atoms with Crippen molar-refractivity contribution < 1.29 is 23.4 Å². The first kappa shape index (κ1) is 17.5. The third kappa shape index (κ3) is 3.93. The number of halogens is 1. The second-order valence-electron chi connectivity index (χ2n) is 4.82. The molecule has 8 heteroatoms. The van der Waals surface area contributed by atoms with Crippen LogP contribution in [0.3, 0.4) is 0 Å². The molecular formula is C15H19FN2O4S. The van der Waals surface area contributed by atoms with Gasteiger partial charge in [0.15, 0.2) is 5.16 Å². The van der Waals surface area contributed by atoms with Crippen LogP contribution in [0.25, 0.3) is 0 Å². The molecule has 1 aliphatic carbocycles. The largest absolute Gasteiger partial charge is 0.481 e. The SMILES string of the molecule is CCOC(=O)C1(F)CCCC=C1Sc1nc(OC)cc(OC)n1. The minimum absolute atomic E-state index is 0.0891. The average Bonchev–Trinajstić information content (AvgIpc) is 2.56. The highest BCUT2D eigenvalue weighted by molar-refractivity contribution is 8.03. The number of carbonyl (C=O) groups is 1. The molecule has 0 bridgehead atoms. The van der Waals surface area contributed by atoms with Crippen molar-refractivity contribution in [1.82, 2.24) is 9.97 Å². The molecule has 0 aromatic carbocycles. The van der Waals surface area contributed by atoms with Crippen LogP contribution >= 0.6 is 11.8 Å². The van der Waals surface area contributed by atoms with Gasteiger partial charge in [0.05, 0.1) is 26.9 Å². The number of hydrogen-bond donors (Lipinski definition) is 0. The summed E-state index contributed by atoms with van der Waals surface area (Å²) in [5.74, 6) is -0.263. The normalized spacial score (nSPS) is 20.6. The Morgan fingerprint density at radius 1 is 1.35 bits per heavy atom. The lowest BCUT2D eigenvalue weighted by Crippen LogP contribution is -2.38. The fourth-order valence-corrected chi connectivity index (χ4v) is 3.19. The number of thioether (sulfide) groups is 1. The van der Waals surface area contributed by atoms with Crippen LogP contribution in [0.15, 0.2) is 22.2 Å². The summed E-state index contributed by atoms with van der Waals surface area (Å²) >= 11 is 0.988. The van der Waals surface area contributed by atoms with Crippen LogP contribution in [0, 0.1) is 0 Å². The van der Waals surface area contributed by atoms with E-state index < -0.39 is 11.6 Å². The maximum absolute atomic E-state index is 15.2. The minimum atomic E-state index is -2.15. The second-order valence-corrected chi connectivity index (χ2v) is 5.83. The molecule has 2 rings (SSSR count). The summed E-state index contributed by atoms with van der Waals surface area (Å²) in [7, 11) is 2.93. The van der Waals surface area contributed by atoms with Gasteiger partial charge in [-0.15, -0.1) is 0 Å². The van der Waals surface area contributed by atoms with E-state index >= 15 is 4.39 Å². The van der Waals surface area contributed by atoms with Crippen LogP contribution in [0.1, 0.15) is 26.2 Å². The number of esters is 1. The molecule has 1 aromatic rings. The molecule has 23 heavy (non-hydrogen) atoms. The number of methoxy groups -OCH3 is 2. The van der Waals surface area contributed by atoms with E-state index in [-0.39, 0.29) is 23.1 Å². The Morgan fingerprint density at radius 3 is 2.57 bits per heavy atom. The Balaban J connectivity index is 2.29. The first-order chi connectivity index (χ1) is 11.0. The fourth-order valence-electron chi connectivity index (χ4n) is 2.17. The second kappa shape index (κ2) is 7.63. The zero-order valence-electron chi connectivity index (χ0n) is 13.3. The quantitative estimate of drug-likeness (QED) is 0.581. The smallest absolute Gasteiger partial charge is 0.349 e. The van der Waals surface area contributed by atoms with Crippen molar-refractivity contribution in [3.05, 3.63) is 17.0 Å². The predicted octanol–water partition coefficient (Wildman–Crippen LogP) is 2.93. The molecule has 1 aliphatic rings. The van der Waals surface area contributed by atoms with Crippen molar-refractivity contribution in [2.24, 2.45) is 0 Å². The number of hydrogen-bond acceptors (Lipinski definition) is 7. The number of allylic oxidation sites excluding steroid dienone is 1. The molecule has 6 nitrogen and oxygen atoms in total. The Kier molecular flexibility index (Phi) is 5.81. The number of alkyl halides is 1. The third-order valence-electron chi connectivity index (χ3n) is 3.32. The first-order valence-corrected chi connectivity index (χ1v) is 8.06. The Bertz CT molecular complexity index is 589. The van der Waals surface area contributed by atoms with Gasteiger partial charge in [0.25, 0.3) is 0 Å². The van der Waals surface area contributed by atoms with E-state index in [1.807, 2.05) is 0 Å². The molecule has 1 unspecified atom stereocenters. The van der Waals surface area contributed by atoms with E-state index in [9.17, 15) is 4.79 Å². The van der Waals surface area contributed by atoms with Crippen molar-refractivity contribution in [2.75, 3.05) is 20.8 Å². The monoisotopic (exact) mass is 342 g/mol. The molecule has 1 atom stereocenters. The molecule has 0 saturated carbocycles. The van der Waals surface area contributed by atoms with Gasteiger partial charge in [0.1, 0.15) is 0 Å². The molecule has 0 N–H and O–H groups in total. The lowest BCUT2D eigenvalue weighted by molar-refractivity contribution is -0.154. The van der Waals surface area contributed by atoms with Crippen molar-refractivity contribution in [2.45, 2.75) is 37.0 Å². The van der Waals surface area contributed by atoms with Crippen LogP contribution in [0.4, 0.5) is 4.39 Å². The number of rotatable bonds is 6. The highest BCUT2D eigenvalue weighted by Crippen LogP contribution is 2.43. The maximum Gasteiger partial charge on any atom is 0.349 e. The summed E-state index contributed by atoms with van der Waals surface area (Å²) in [6.07, 6.45) is 3.06. The van der Waals surface area contributed by atoms with Crippen molar-refractivity contribution in [3.8, 4) is 11.8 Å². The van der Waals surface area contributed by atoms with Gasteiger partial charge in [0.2, 0.25) is 17.4 Å². The van der Waals surface area contributed by atoms with Gasteiger partial charge in [-0.3, -0.25) is 0 Å². The van der Waals surface area contributed by atoms with Gasteiger partial charge < -0.3 is 14.2 Å². The highest BCUT2D eigenvalue weighted by Gasteiger charge is 2.46. The number of aromatic nitrogens is 2. The molecule has 0 spiro atoms. The van der Waals surface area contributed by atoms with Crippen molar-refractivity contribution in [3.63, 3.8) is 0 Å². The van der Waals surface area contributed by atoms with Crippen molar-refractivity contribution in [1.29, 1.82) is 0 Å². The topological polar surface area (TPSA) is 70.5 Å². The standard InChI is InChI=1S/C15H19FN2O4S/c1-4-22-13(19)15(16)8-6-5-7-10(15)23-14-17-11(20-2)9-12(18-14)21-3/h7,9H,4-6,8H2,1-3H3. The summed E-state index contributed by atoms with van der Waals surface area (Å²) in [6.45, 7) is 1.78. The summed E-state index contributed by atoms with van der Waals surface area (Å²) in [6, 6.07) is 1.52. The average molecular weight is 342 g/mol. The molecule has 126 valence electrons. The molecular weight excluding hydrogens is 323 g/mol. The van der Waals surface area contributed by atoms with E-state index in [2.05, 4.69) is 9.97 Å². The summed E-state index contributed by atoms with van der Waals surface area (Å²) in [5.41, 5.74) is -2.15. The van der Waals surface area contributed by atoms with E-state index in [1.165, 1.54) is 20.3 Å². The molecule has 1 aromatic heterocycles. The number of nitrogens with zero attached hydrogens (tertiary/aromatic N) is 2. The van der Waals surface area contributed by atoms with Crippen LogP contribution in [0.5, 0.6) is 11.8 Å². The van der Waals surface area contributed by atoms with Crippen molar-refractivity contribution >= 4 is 17.7 Å². The third-order valence-corrected chi connectivity index (χ3v) is 4.40. The van der Waals surface area contributed by atoms with Gasteiger partial charge in [0, 0.05) is 4.91 Å². The van der Waals surface area contributed by atoms with Crippen LogP contribution in [0.2, 0.25) is 0 Å². The van der Waals surface area contributed by atoms with Crippen LogP contribution in [-0.4, -0.2) is 42.4 Å². The van der Waals surface area contributed by atoms with E-state index in [0.29, 0.717) is 24.6 Å². The summed E-state index contributed by atoms with van der Waals surface area (Å²) in [5, 5.41) is 0.251. The number of carbonyl (C=O) groups excluding carboxylic acids is 1. The van der Waals surface area contributed by atoms with Gasteiger partial charge in [-0.25, -0.2) is 9.18 Å². The summed E-state index contributed by atoms with van der Waals surface area (Å²) in [4.78, 5) is 20.6. The maximum atomic E-state index is 15.2. The Labute approximate surface area is 138 Å². The predicted molar refractivity (Wildman–Crippen MR) is 83.4 cm³/mol. The zero-order valence-corrected chi connectivity index (χ0v) is 14.1. The van der Waals surface area contributed by atoms with Gasteiger partial charge >= 0.3 is 5.97 Å². The molecule has 0 fully saturated rings. The number of ether oxygens (including phenoxy) is 3. The molecule has 0 aliphatic heterocycles. The molecule has 0 amide bonds. The minimum Gasteiger partial charge on any atom is -0.481 e. The summed E-state index contributed by atoms with van der Waals surface area (Å²) < 4.78 is 30.2. The molecule has 0 saturated heterocycles. The Morgan fingerprint density at radius 2 is 2.00 bits per heavy atom. The van der Waals surface area contributed by atoms with Crippen LogP contribution < -0.4 is 9.47 Å². The molecule has 1 heterocycles. The van der Waals surface area contributed by atoms with Crippen LogP contribution in [-0.2, 0) is 9.53 Å². The highest BCUT2D eigenvalue weighted by atomic mass is 32.2. The first-order valence-electron chi connectivity index (χ1n) is 7.25. The van der Waals surface area contributed by atoms with E-state index in [4.69, 9.17) is 14.2 Å². The lowest BCUT2D eigenvalue weighted by atomic mass is 9.92. The zero-order chi connectivity index (χ0) is 16.9. The molecule has 0 radical (unpaired) electrons. The van der Waals surface area contributed by atoms with Gasteiger partial charge in [-0.1, -0.05) is 17.8 Å². The fraction of sp³-hybridized carbons (Fsp3) is 0.533. The van der Waals surface area contributed by atoms with Gasteiger partial charge in [-0.05, 0) is 26.2 Å². The Hall–Kier alpha value is -1.83. The lowest BCUT2D eigenvalue weighted by Gasteiger charge is -2.28.